The fourth-order valence-electron chi connectivity index (χ4n) is 0.174. The molecular formula is C4H5LiO3. The molecule has 0 aromatic rings. The van der Waals surface area contributed by atoms with E-state index in [1.54, 1.807) is 0 Å². The molecule has 0 aromatic heterocycles. The van der Waals surface area contributed by atoms with Crippen molar-refractivity contribution in [2.24, 2.45) is 0 Å². The standard InChI is InChI=1S/C4H5O3.Li/c1-3(5)2-4(6)7;/h2H,1H3,(H,6,7);. The normalized spacial score (nSPS) is 12.9. The predicted molar refractivity (Wildman–Crippen MR) is 27.8 cm³/mol. The molecule has 1 N–H and O–H groups in total. The zero-order chi connectivity index (χ0) is 6.73. The van der Waals surface area contributed by atoms with E-state index in [-0.39, 0.29) is 5.78 Å². The maximum absolute atomic E-state index is 10.2. The van der Waals surface area contributed by atoms with Gasteiger partial charge in [0.05, 0.1) is 0 Å². The molecule has 0 amide bonds. The summed E-state index contributed by atoms with van der Waals surface area (Å²) >= 11 is 1.37. The van der Waals surface area contributed by atoms with Gasteiger partial charge in [0.15, 0.2) is 0 Å². The molecule has 8 heavy (non-hydrogen) atoms. The molecule has 0 bridgehead atoms. The molecule has 4 heteroatoms. The molecule has 1 atom stereocenters. The molecule has 0 heterocycles. The summed E-state index contributed by atoms with van der Waals surface area (Å²) < 4.78 is -0.852. The molecule has 0 aliphatic rings. The molecule has 0 aromatic carbocycles. The van der Waals surface area contributed by atoms with E-state index < -0.39 is 10.6 Å². The van der Waals surface area contributed by atoms with Crippen LogP contribution in [0, 0.1) is 0 Å². The van der Waals surface area contributed by atoms with E-state index in [4.69, 9.17) is 5.11 Å². The Morgan fingerprint density at radius 3 is 2.00 bits per heavy atom. The van der Waals surface area contributed by atoms with Gasteiger partial charge in [0.1, 0.15) is 0 Å². The number of rotatable bonds is 2. The van der Waals surface area contributed by atoms with Crippen molar-refractivity contribution in [3.8, 4) is 0 Å². The third-order valence-electron chi connectivity index (χ3n) is 0.980. The minimum atomic E-state index is -1.06. The number of hydrogen-bond donors (Lipinski definition) is 1. The molecule has 1 unspecified atom stereocenters. The van der Waals surface area contributed by atoms with Crippen molar-refractivity contribution in [3.63, 3.8) is 0 Å². The van der Waals surface area contributed by atoms with E-state index in [2.05, 4.69) is 0 Å². The van der Waals surface area contributed by atoms with Crippen molar-refractivity contribution in [2.75, 3.05) is 0 Å². The van der Waals surface area contributed by atoms with Crippen molar-refractivity contribution in [2.45, 2.75) is 11.5 Å². The molecule has 0 aliphatic carbocycles. The van der Waals surface area contributed by atoms with Crippen LogP contribution in [0.3, 0.4) is 0 Å². The number of hydrogen-bond acceptors (Lipinski definition) is 2. The van der Waals surface area contributed by atoms with Crippen molar-refractivity contribution < 1.29 is 14.7 Å². The summed E-state index contributed by atoms with van der Waals surface area (Å²) in [7, 11) is 0. The van der Waals surface area contributed by atoms with Crippen molar-refractivity contribution in [1.29, 1.82) is 0 Å². The van der Waals surface area contributed by atoms with Gasteiger partial charge in [-0.1, -0.05) is 0 Å². The number of carboxylic acids is 1. The van der Waals surface area contributed by atoms with Gasteiger partial charge in [-0.25, -0.2) is 0 Å². The van der Waals surface area contributed by atoms with Crippen molar-refractivity contribution >= 4 is 29.5 Å². The van der Waals surface area contributed by atoms with Gasteiger partial charge in [0.25, 0.3) is 0 Å². The number of carbonyl (C=O) groups excluding carboxylic acids is 1. The summed E-state index contributed by atoms with van der Waals surface area (Å²) in [4.78, 5) is 20.1. The number of Topliss-reactive ketones (excluding diaryl/α,β-unsaturated/α-hetero) is 1. The molecule has 0 fully saturated rings. The fourth-order valence-corrected chi connectivity index (χ4v) is 0.174. The zero-order valence-corrected chi connectivity index (χ0v) is 4.84. The average Bonchev–Trinajstić information content (AvgIpc) is 1.64. The van der Waals surface area contributed by atoms with Crippen molar-refractivity contribution in [3.05, 3.63) is 0 Å². The maximum atomic E-state index is 10.2. The van der Waals surface area contributed by atoms with Gasteiger partial charge in [-0.2, -0.15) is 0 Å². The van der Waals surface area contributed by atoms with Crippen molar-refractivity contribution in [1.82, 2.24) is 0 Å². The van der Waals surface area contributed by atoms with Crippen LogP contribution in [0.1, 0.15) is 6.92 Å². The third kappa shape index (κ3) is 2.15. The topological polar surface area (TPSA) is 54.4 Å². The third-order valence-corrected chi connectivity index (χ3v) is 0.980. The number of carbonyl (C=O) groups is 2. The summed E-state index contributed by atoms with van der Waals surface area (Å²) in [5, 5.41) is 8.13. The van der Waals surface area contributed by atoms with Crippen LogP contribution >= 0.6 is 0 Å². The van der Waals surface area contributed by atoms with E-state index in [9.17, 15) is 9.59 Å². The molecule has 0 spiro atoms. The predicted octanol–water partition coefficient (Wildman–Crippen LogP) is -0.383. The first-order valence-corrected chi connectivity index (χ1v) is 2.29. The summed E-state index contributed by atoms with van der Waals surface area (Å²) in [5.41, 5.74) is 0. The van der Waals surface area contributed by atoms with E-state index in [0.717, 1.165) is 0 Å². The summed E-state index contributed by atoms with van der Waals surface area (Å²) in [6.07, 6.45) is 0. The Labute approximate surface area is 56.3 Å². The SMILES string of the molecule is [Li][CH](C(C)=O)C(=O)O. The van der Waals surface area contributed by atoms with Crippen LogP contribution in [-0.4, -0.2) is 34.6 Å². The molecule has 0 aliphatic heterocycles. The monoisotopic (exact) mass is 108 g/mol. The fraction of sp³-hybridized carbons (Fsp3) is 0.500. The van der Waals surface area contributed by atoms with Gasteiger partial charge >= 0.3 is 55.7 Å². The van der Waals surface area contributed by atoms with Crippen LogP contribution in [-0.2, 0) is 9.59 Å². The molecule has 3 nitrogen and oxygen atoms in total. The van der Waals surface area contributed by atoms with Gasteiger partial charge in [-0.15, -0.1) is 0 Å². The van der Waals surface area contributed by atoms with E-state index in [1.807, 2.05) is 0 Å². The Morgan fingerprint density at radius 2 is 2.00 bits per heavy atom. The van der Waals surface area contributed by atoms with Gasteiger partial charge in [-0.3, -0.25) is 0 Å². The second kappa shape index (κ2) is 2.91. The van der Waals surface area contributed by atoms with Gasteiger partial charge in [-0.05, 0) is 0 Å². The van der Waals surface area contributed by atoms with Gasteiger partial charge in [0.2, 0.25) is 0 Å². The molecule has 0 saturated heterocycles. The molecule has 0 rings (SSSR count). The Bertz CT molecular complexity index is 106. The van der Waals surface area contributed by atoms with E-state index in [0.29, 0.717) is 0 Å². The Balaban J connectivity index is 3.83. The Morgan fingerprint density at radius 1 is 1.62 bits per heavy atom. The van der Waals surface area contributed by atoms with Gasteiger partial charge in [0, 0.05) is 0 Å². The minimum absolute atomic E-state index is 0.308. The average molecular weight is 108 g/mol. The van der Waals surface area contributed by atoms with E-state index >= 15 is 0 Å². The van der Waals surface area contributed by atoms with Crippen LogP contribution in [0.15, 0.2) is 0 Å². The first-order chi connectivity index (χ1) is 3.55. The molecule has 40 valence electrons. The summed E-state index contributed by atoms with van der Waals surface area (Å²) in [5.74, 6) is -1.37. The van der Waals surface area contributed by atoms with Crippen LogP contribution in [0.5, 0.6) is 0 Å². The Hall–Kier alpha value is -0.263. The quantitative estimate of drug-likeness (QED) is 0.387. The summed E-state index contributed by atoms with van der Waals surface area (Å²) in [6.45, 7) is 1.26. The number of carboxylic acid groups (broad SMARTS) is 1. The molecular weight excluding hydrogens is 103 g/mol. The van der Waals surface area contributed by atoms with Gasteiger partial charge < -0.3 is 0 Å². The molecule has 0 saturated carbocycles. The number of aliphatic carboxylic acids is 1. The second-order valence-electron chi connectivity index (χ2n) is 1.67. The van der Waals surface area contributed by atoms with Crippen LogP contribution in [0.2, 0.25) is 4.59 Å². The first-order valence-electron chi connectivity index (χ1n) is 2.29. The second-order valence-corrected chi connectivity index (χ2v) is 1.67. The van der Waals surface area contributed by atoms with Crippen LogP contribution in [0.25, 0.3) is 0 Å². The van der Waals surface area contributed by atoms with E-state index in [1.165, 1.54) is 24.6 Å². The zero-order valence-electron chi connectivity index (χ0n) is 4.84. The Kier molecular flexibility index (Phi) is 2.81. The summed E-state index contributed by atoms with van der Waals surface area (Å²) in [6, 6.07) is 0. The number of ketones is 1. The van der Waals surface area contributed by atoms with Crippen LogP contribution < -0.4 is 0 Å². The first kappa shape index (κ1) is 7.74. The van der Waals surface area contributed by atoms with Crippen LogP contribution in [0.4, 0.5) is 0 Å². The molecule has 0 radical (unpaired) electrons.